The van der Waals surface area contributed by atoms with E-state index in [2.05, 4.69) is 0 Å². The van der Waals surface area contributed by atoms with Crippen LogP contribution in [0.2, 0.25) is 0 Å². The van der Waals surface area contributed by atoms with Crippen LogP contribution in [0.1, 0.15) is 17.2 Å². The summed E-state index contributed by atoms with van der Waals surface area (Å²) in [6.07, 6.45) is 0.750. The predicted molar refractivity (Wildman–Crippen MR) is 52.8 cm³/mol. The molecule has 0 unspecified atom stereocenters. The third-order valence-corrected chi connectivity index (χ3v) is 2.64. The Bertz CT molecular complexity index is 316. The van der Waals surface area contributed by atoms with E-state index in [1.54, 1.807) is 0 Å². The van der Waals surface area contributed by atoms with Crippen LogP contribution >= 0.6 is 0 Å². The number of ether oxygens (including phenoxy) is 1. The molecular weight excluding hydrogens is 181 g/mol. The van der Waals surface area contributed by atoms with Crippen LogP contribution in [0.25, 0.3) is 0 Å². The highest BCUT2D eigenvalue weighted by atomic mass is 19.1. The lowest BCUT2D eigenvalue weighted by atomic mass is 10.1. The number of rotatable bonds is 3. The maximum absolute atomic E-state index is 11.9. The van der Waals surface area contributed by atoms with Gasteiger partial charge < -0.3 is 10.5 Å². The molecular formula is C11H14FNO. The van der Waals surface area contributed by atoms with Crippen molar-refractivity contribution in [3.8, 4) is 0 Å². The van der Waals surface area contributed by atoms with Gasteiger partial charge in [0.25, 0.3) is 0 Å². The highest BCUT2D eigenvalue weighted by Crippen LogP contribution is 2.31. The third kappa shape index (κ3) is 1.65. The van der Waals surface area contributed by atoms with Gasteiger partial charge in [0.2, 0.25) is 0 Å². The van der Waals surface area contributed by atoms with E-state index in [4.69, 9.17) is 10.5 Å². The average molecular weight is 195 g/mol. The Hall–Kier alpha value is -0.930. The molecule has 0 radical (unpaired) electrons. The van der Waals surface area contributed by atoms with Crippen molar-refractivity contribution in [3.63, 3.8) is 0 Å². The van der Waals surface area contributed by atoms with Crippen LogP contribution in [-0.4, -0.2) is 19.4 Å². The number of hydrogen-bond donors (Lipinski definition) is 1. The van der Waals surface area contributed by atoms with E-state index in [0.717, 1.165) is 12.0 Å². The Morgan fingerprint density at radius 2 is 2.21 bits per heavy atom. The van der Waals surface area contributed by atoms with Crippen LogP contribution < -0.4 is 5.73 Å². The minimum Gasteiger partial charge on any atom is -0.373 e. The number of alkyl halides is 1. The molecule has 0 heterocycles. The topological polar surface area (TPSA) is 35.2 Å². The zero-order valence-corrected chi connectivity index (χ0v) is 7.95. The molecule has 2 nitrogen and oxygen atoms in total. The van der Waals surface area contributed by atoms with Crippen LogP contribution in [0.5, 0.6) is 0 Å². The fourth-order valence-corrected chi connectivity index (χ4v) is 1.95. The summed E-state index contributed by atoms with van der Waals surface area (Å²) in [7, 11) is 0. The zero-order valence-electron chi connectivity index (χ0n) is 7.95. The van der Waals surface area contributed by atoms with E-state index in [1.165, 1.54) is 5.56 Å². The Labute approximate surface area is 82.9 Å². The third-order valence-electron chi connectivity index (χ3n) is 2.64. The van der Waals surface area contributed by atoms with Crippen molar-refractivity contribution in [2.24, 2.45) is 5.73 Å². The van der Waals surface area contributed by atoms with Crippen LogP contribution in [0.4, 0.5) is 4.39 Å². The van der Waals surface area contributed by atoms with E-state index in [0.29, 0.717) is 0 Å². The molecule has 1 aliphatic carbocycles. The maximum Gasteiger partial charge on any atom is 0.113 e. The largest absolute Gasteiger partial charge is 0.373 e. The van der Waals surface area contributed by atoms with E-state index in [9.17, 15) is 4.39 Å². The first kappa shape index (κ1) is 9.62. The standard InChI is InChI=1S/C11H14FNO/c12-5-6-14-10-7-8-3-1-2-4-9(8)11(10)13/h1-4,10-11H,5-7,13H2/t10-,11+/m1/s1. The molecule has 0 aliphatic heterocycles. The smallest absolute Gasteiger partial charge is 0.113 e. The molecule has 0 saturated carbocycles. The van der Waals surface area contributed by atoms with Crippen molar-refractivity contribution in [1.29, 1.82) is 0 Å². The second-order valence-electron chi connectivity index (χ2n) is 3.53. The van der Waals surface area contributed by atoms with Gasteiger partial charge >= 0.3 is 0 Å². The lowest BCUT2D eigenvalue weighted by molar-refractivity contribution is 0.0354. The van der Waals surface area contributed by atoms with Gasteiger partial charge in [-0.05, 0) is 11.1 Å². The van der Waals surface area contributed by atoms with Crippen molar-refractivity contribution in [1.82, 2.24) is 0 Å². The number of fused-ring (bicyclic) bond motifs is 1. The quantitative estimate of drug-likeness (QED) is 0.795. The number of nitrogens with two attached hydrogens (primary N) is 1. The summed E-state index contributed by atoms with van der Waals surface area (Å²) < 4.78 is 17.3. The first-order valence-electron chi connectivity index (χ1n) is 4.84. The summed E-state index contributed by atoms with van der Waals surface area (Å²) in [5.74, 6) is 0. The van der Waals surface area contributed by atoms with E-state index in [1.807, 2.05) is 24.3 Å². The Balaban J connectivity index is 2.09. The fourth-order valence-electron chi connectivity index (χ4n) is 1.95. The highest BCUT2D eigenvalue weighted by Gasteiger charge is 2.29. The Morgan fingerprint density at radius 1 is 1.43 bits per heavy atom. The molecule has 0 bridgehead atoms. The molecule has 0 saturated heterocycles. The van der Waals surface area contributed by atoms with Gasteiger partial charge in [-0.1, -0.05) is 24.3 Å². The van der Waals surface area contributed by atoms with Crippen molar-refractivity contribution < 1.29 is 9.13 Å². The molecule has 2 N–H and O–H groups in total. The molecule has 0 spiro atoms. The second-order valence-corrected chi connectivity index (χ2v) is 3.53. The molecule has 3 heteroatoms. The first-order chi connectivity index (χ1) is 6.83. The molecule has 0 aromatic heterocycles. The van der Waals surface area contributed by atoms with Gasteiger partial charge in [0.15, 0.2) is 0 Å². The minimum absolute atomic E-state index is 0.0526. The molecule has 76 valence electrons. The van der Waals surface area contributed by atoms with Gasteiger partial charge in [0.05, 0.1) is 18.8 Å². The monoisotopic (exact) mass is 195 g/mol. The molecule has 0 amide bonds. The molecule has 1 aromatic rings. The predicted octanol–water partition coefficient (Wildman–Crippen LogP) is 1.60. The molecule has 2 rings (SSSR count). The van der Waals surface area contributed by atoms with E-state index >= 15 is 0 Å². The lowest BCUT2D eigenvalue weighted by Crippen LogP contribution is -2.25. The molecule has 14 heavy (non-hydrogen) atoms. The first-order valence-corrected chi connectivity index (χ1v) is 4.84. The van der Waals surface area contributed by atoms with Gasteiger partial charge in [-0.2, -0.15) is 0 Å². The Morgan fingerprint density at radius 3 is 2.93 bits per heavy atom. The van der Waals surface area contributed by atoms with Gasteiger partial charge in [-0.25, -0.2) is 4.39 Å². The van der Waals surface area contributed by atoms with Gasteiger partial charge in [0.1, 0.15) is 6.67 Å². The molecule has 1 aliphatic rings. The maximum atomic E-state index is 11.9. The highest BCUT2D eigenvalue weighted by molar-refractivity contribution is 5.36. The van der Waals surface area contributed by atoms with E-state index in [-0.39, 0.29) is 18.8 Å². The number of hydrogen-bond acceptors (Lipinski definition) is 2. The SMILES string of the molecule is N[C@H]1c2ccccc2C[C@H]1OCCF. The molecule has 1 aromatic carbocycles. The summed E-state index contributed by atoms with van der Waals surface area (Å²) in [6.45, 7) is -0.300. The number of benzene rings is 1. The van der Waals surface area contributed by atoms with Crippen LogP contribution in [0.15, 0.2) is 24.3 Å². The van der Waals surface area contributed by atoms with Gasteiger partial charge in [-0.3, -0.25) is 0 Å². The van der Waals surface area contributed by atoms with Crippen LogP contribution in [0, 0.1) is 0 Å². The van der Waals surface area contributed by atoms with Crippen molar-refractivity contribution in [3.05, 3.63) is 35.4 Å². The van der Waals surface area contributed by atoms with Crippen molar-refractivity contribution in [2.45, 2.75) is 18.6 Å². The Kier molecular flexibility index (Phi) is 2.79. The zero-order chi connectivity index (χ0) is 9.97. The summed E-state index contributed by atoms with van der Waals surface area (Å²) in [5.41, 5.74) is 8.35. The van der Waals surface area contributed by atoms with Gasteiger partial charge in [-0.15, -0.1) is 0 Å². The van der Waals surface area contributed by atoms with Crippen molar-refractivity contribution >= 4 is 0 Å². The summed E-state index contributed by atoms with van der Waals surface area (Å²) in [4.78, 5) is 0. The summed E-state index contributed by atoms with van der Waals surface area (Å²) in [5, 5.41) is 0. The van der Waals surface area contributed by atoms with E-state index < -0.39 is 6.67 Å². The summed E-state index contributed by atoms with van der Waals surface area (Å²) >= 11 is 0. The fraction of sp³-hybridized carbons (Fsp3) is 0.455. The second kappa shape index (κ2) is 4.07. The number of halogens is 1. The van der Waals surface area contributed by atoms with Crippen LogP contribution in [-0.2, 0) is 11.2 Å². The molecule has 2 atom stereocenters. The normalized spacial score (nSPS) is 25.0. The lowest BCUT2D eigenvalue weighted by Gasteiger charge is -2.15. The average Bonchev–Trinajstić information content (AvgIpc) is 2.54. The minimum atomic E-state index is -0.445. The van der Waals surface area contributed by atoms with Gasteiger partial charge in [0, 0.05) is 6.42 Å². The van der Waals surface area contributed by atoms with Crippen LogP contribution in [0.3, 0.4) is 0 Å². The van der Waals surface area contributed by atoms with Crippen molar-refractivity contribution in [2.75, 3.05) is 13.3 Å². The summed E-state index contributed by atoms with van der Waals surface area (Å²) in [6, 6.07) is 7.92. The molecule has 0 fully saturated rings.